The fraction of sp³-hybridized carbons (Fsp3) is 0.250. The summed E-state index contributed by atoms with van der Waals surface area (Å²) in [6.45, 7) is 1.59. The van der Waals surface area contributed by atoms with Gasteiger partial charge in [-0.3, -0.25) is 0 Å². The van der Waals surface area contributed by atoms with Gasteiger partial charge in [0.1, 0.15) is 0 Å². The maximum atomic E-state index is 12.0. The average Bonchev–Trinajstić information content (AvgIpc) is 2.92. The minimum absolute atomic E-state index is 0.0391. The van der Waals surface area contributed by atoms with Crippen LogP contribution in [0.25, 0.3) is 0 Å². The molecule has 0 amide bonds. The molecular weight excluding hydrogens is 334 g/mol. The van der Waals surface area contributed by atoms with E-state index in [4.69, 9.17) is 25.9 Å². The van der Waals surface area contributed by atoms with Crippen molar-refractivity contribution < 1.29 is 22.4 Å². The molecule has 8 nitrogen and oxygen atoms in total. The number of rotatable bonds is 5. The molecule has 1 aromatic carbocycles. The van der Waals surface area contributed by atoms with Gasteiger partial charge in [0, 0.05) is 6.42 Å². The van der Waals surface area contributed by atoms with Crippen molar-refractivity contribution in [3.63, 3.8) is 0 Å². The topological polar surface area (TPSA) is 125 Å². The van der Waals surface area contributed by atoms with E-state index in [1.54, 1.807) is 0 Å². The maximum Gasteiger partial charge on any atom is 0.340 e. The molecule has 0 aliphatic heterocycles. The van der Waals surface area contributed by atoms with Gasteiger partial charge < -0.3 is 9.15 Å². The van der Waals surface area contributed by atoms with Crippen LogP contribution in [0.1, 0.15) is 29.1 Å². The van der Waals surface area contributed by atoms with Gasteiger partial charge in [-0.1, -0.05) is 18.5 Å². The third kappa shape index (κ3) is 3.81. The van der Waals surface area contributed by atoms with Crippen molar-refractivity contribution in [1.29, 1.82) is 0 Å². The zero-order valence-corrected chi connectivity index (χ0v) is 13.0. The van der Waals surface area contributed by atoms with Crippen LogP contribution in [-0.4, -0.2) is 24.6 Å². The van der Waals surface area contributed by atoms with E-state index in [9.17, 15) is 13.2 Å². The number of carbonyl (C=O) groups excluding carboxylic acids is 1. The first kappa shape index (κ1) is 16.4. The number of nitrogens with two attached hydrogens (primary N) is 1. The molecule has 0 spiro atoms. The number of sulfonamides is 1. The van der Waals surface area contributed by atoms with Crippen LogP contribution in [0, 0.1) is 0 Å². The zero-order chi connectivity index (χ0) is 16.3. The lowest BCUT2D eigenvalue weighted by atomic mass is 10.2. The molecule has 2 rings (SSSR count). The molecule has 2 N–H and O–H groups in total. The highest BCUT2D eigenvalue weighted by Crippen LogP contribution is 2.21. The van der Waals surface area contributed by atoms with E-state index in [-0.39, 0.29) is 28.0 Å². The molecule has 0 saturated heterocycles. The van der Waals surface area contributed by atoms with E-state index >= 15 is 0 Å². The summed E-state index contributed by atoms with van der Waals surface area (Å²) in [5, 5.41) is 12.5. The molecule has 0 fully saturated rings. The van der Waals surface area contributed by atoms with Crippen LogP contribution in [0.15, 0.2) is 27.5 Å². The summed E-state index contributed by atoms with van der Waals surface area (Å²) < 4.78 is 32.7. The van der Waals surface area contributed by atoms with E-state index in [2.05, 4.69) is 10.2 Å². The van der Waals surface area contributed by atoms with E-state index in [1.807, 2.05) is 6.92 Å². The Bertz CT molecular complexity index is 803. The Hall–Kier alpha value is -1.97. The fourth-order valence-electron chi connectivity index (χ4n) is 1.53. The quantitative estimate of drug-likeness (QED) is 0.809. The smallest absolute Gasteiger partial charge is 0.340 e. The number of nitrogens with zero attached hydrogens (tertiary/aromatic N) is 2. The maximum absolute atomic E-state index is 12.0. The Labute approximate surface area is 131 Å². The first-order valence-electron chi connectivity index (χ1n) is 6.12. The molecule has 0 aliphatic carbocycles. The molecule has 0 atom stereocenters. The average molecular weight is 346 g/mol. The van der Waals surface area contributed by atoms with Crippen molar-refractivity contribution in [3.8, 4) is 0 Å². The van der Waals surface area contributed by atoms with E-state index < -0.39 is 16.0 Å². The number of ether oxygens (including phenoxy) is 1. The van der Waals surface area contributed by atoms with Crippen molar-refractivity contribution in [3.05, 3.63) is 40.6 Å². The van der Waals surface area contributed by atoms with Crippen LogP contribution in [0.4, 0.5) is 0 Å². The second-order valence-electron chi connectivity index (χ2n) is 4.21. The van der Waals surface area contributed by atoms with Crippen LogP contribution >= 0.6 is 11.6 Å². The molecular formula is C12H12ClN3O5S. The van der Waals surface area contributed by atoms with E-state index in [0.717, 1.165) is 6.07 Å². The second-order valence-corrected chi connectivity index (χ2v) is 6.17. The number of benzene rings is 1. The molecule has 0 aliphatic rings. The van der Waals surface area contributed by atoms with Gasteiger partial charge in [-0.05, 0) is 18.2 Å². The summed E-state index contributed by atoms with van der Waals surface area (Å²) in [6, 6.07) is 3.49. The molecule has 0 unspecified atom stereocenters. The van der Waals surface area contributed by atoms with Crippen molar-refractivity contribution in [2.75, 3.05) is 0 Å². The van der Waals surface area contributed by atoms with Gasteiger partial charge >= 0.3 is 5.97 Å². The monoisotopic (exact) mass is 345 g/mol. The van der Waals surface area contributed by atoms with Gasteiger partial charge in [-0.25, -0.2) is 18.4 Å². The molecule has 0 saturated carbocycles. The van der Waals surface area contributed by atoms with E-state index in [0.29, 0.717) is 12.3 Å². The highest BCUT2D eigenvalue weighted by molar-refractivity contribution is 7.89. The lowest BCUT2D eigenvalue weighted by molar-refractivity contribution is 0.0436. The molecule has 10 heteroatoms. The number of hydrogen-bond acceptors (Lipinski definition) is 7. The van der Waals surface area contributed by atoms with Gasteiger partial charge in [-0.15, -0.1) is 10.2 Å². The van der Waals surface area contributed by atoms with Gasteiger partial charge in [-0.2, -0.15) is 0 Å². The molecule has 1 aromatic heterocycles. The lowest BCUT2D eigenvalue weighted by Gasteiger charge is -2.06. The normalized spacial score (nSPS) is 11.4. The summed E-state index contributed by atoms with van der Waals surface area (Å²) in [4.78, 5) is 11.7. The van der Waals surface area contributed by atoms with Crippen molar-refractivity contribution in [1.82, 2.24) is 10.2 Å². The second kappa shape index (κ2) is 6.42. The number of halogens is 1. The minimum Gasteiger partial charge on any atom is -0.452 e. The van der Waals surface area contributed by atoms with Gasteiger partial charge in [0.2, 0.25) is 15.9 Å². The van der Waals surface area contributed by atoms with Crippen LogP contribution in [0.2, 0.25) is 5.02 Å². The number of aromatic nitrogens is 2. The Balaban J connectivity index is 2.15. The number of aryl methyl sites for hydroxylation is 1. The Morgan fingerprint density at radius 2 is 2.05 bits per heavy atom. The largest absolute Gasteiger partial charge is 0.452 e. The summed E-state index contributed by atoms with van der Waals surface area (Å²) in [5.41, 5.74) is -0.122. The van der Waals surface area contributed by atoms with Gasteiger partial charge in [0.15, 0.2) is 6.61 Å². The molecule has 2 aromatic rings. The molecule has 118 valence electrons. The minimum atomic E-state index is -3.95. The number of esters is 1. The van der Waals surface area contributed by atoms with Crippen molar-refractivity contribution in [2.24, 2.45) is 5.14 Å². The van der Waals surface area contributed by atoms with Crippen LogP contribution in [0.3, 0.4) is 0 Å². The fourth-order valence-corrected chi connectivity index (χ4v) is 2.27. The standard InChI is InChI=1S/C12H12ClN3O5S/c1-2-10-15-16-11(21-10)6-20-12(17)8-5-7(22(14,18)19)3-4-9(8)13/h3-5H,2,6H2,1H3,(H2,14,18,19). The number of carbonyl (C=O) groups is 1. The summed E-state index contributed by atoms with van der Waals surface area (Å²) in [6.07, 6.45) is 0.559. The van der Waals surface area contributed by atoms with Crippen LogP contribution in [-0.2, 0) is 27.8 Å². The first-order valence-corrected chi connectivity index (χ1v) is 8.04. The third-order valence-corrected chi connectivity index (χ3v) is 3.86. The Kier molecular flexibility index (Phi) is 4.79. The number of primary sulfonamides is 1. The molecule has 22 heavy (non-hydrogen) atoms. The highest BCUT2D eigenvalue weighted by atomic mass is 35.5. The Morgan fingerprint density at radius 1 is 1.36 bits per heavy atom. The molecule has 1 heterocycles. The highest BCUT2D eigenvalue weighted by Gasteiger charge is 2.18. The zero-order valence-electron chi connectivity index (χ0n) is 11.4. The van der Waals surface area contributed by atoms with Gasteiger partial charge in [0.05, 0.1) is 15.5 Å². The summed E-state index contributed by atoms with van der Waals surface area (Å²) in [7, 11) is -3.95. The van der Waals surface area contributed by atoms with Crippen molar-refractivity contribution >= 4 is 27.6 Å². The predicted molar refractivity (Wildman–Crippen MR) is 75.6 cm³/mol. The molecule has 0 bridgehead atoms. The van der Waals surface area contributed by atoms with Crippen LogP contribution in [0.5, 0.6) is 0 Å². The summed E-state index contributed by atoms with van der Waals surface area (Å²) >= 11 is 5.86. The molecule has 0 radical (unpaired) electrons. The van der Waals surface area contributed by atoms with Gasteiger partial charge in [0.25, 0.3) is 5.89 Å². The predicted octanol–water partition coefficient (Wildman–Crippen LogP) is 1.29. The Morgan fingerprint density at radius 3 is 2.64 bits per heavy atom. The third-order valence-electron chi connectivity index (χ3n) is 2.62. The van der Waals surface area contributed by atoms with Crippen LogP contribution < -0.4 is 5.14 Å². The first-order chi connectivity index (χ1) is 10.3. The van der Waals surface area contributed by atoms with Crippen molar-refractivity contribution in [2.45, 2.75) is 24.8 Å². The van der Waals surface area contributed by atoms with E-state index in [1.165, 1.54) is 12.1 Å². The number of hydrogen-bond donors (Lipinski definition) is 1. The SMILES string of the molecule is CCc1nnc(COC(=O)c2cc(S(N)(=O)=O)ccc2Cl)o1. The summed E-state index contributed by atoms with van der Waals surface area (Å²) in [5.74, 6) is -0.282. The lowest BCUT2D eigenvalue weighted by Crippen LogP contribution is -2.14.